The van der Waals surface area contributed by atoms with Crippen LogP contribution < -0.4 is 5.32 Å². The highest BCUT2D eigenvalue weighted by Crippen LogP contribution is 2.08. The van der Waals surface area contributed by atoms with Crippen LogP contribution >= 0.6 is 0 Å². The molecule has 5 heteroatoms. The fourth-order valence-electron chi connectivity index (χ4n) is 1.44. The van der Waals surface area contributed by atoms with Crippen LogP contribution in [0.25, 0.3) is 0 Å². The number of carbonyl (C=O) groups excluding carboxylic acids is 1. The molecule has 0 spiro atoms. The maximum atomic E-state index is 11.9. The van der Waals surface area contributed by atoms with Crippen molar-refractivity contribution in [3.05, 3.63) is 18.0 Å². The van der Waals surface area contributed by atoms with Crippen LogP contribution in [-0.4, -0.2) is 33.4 Å². The van der Waals surface area contributed by atoms with Gasteiger partial charge in [-0.05, 0) is 26.3 Å². The molecule has 0 aliphatic heterocycles. The van der Waals surface area contributed by atoms with Crippen LogP contribution in [0.2, 0.25) is 0 Å². The van der Waals surface area contributed by atoms with Crippen molar-refractivity contribution in [2.45, 2.75) is 39.3 Å². The van der Waals surface area contributed by atoms with E-state index in [4.69, 9.17) is 5.11 Å². The van der Waals surface area contributed by atoms with E-state index in [1.165, 1.54) is 0 Å². The highest BCUT2D eigenvalue weighted by atomic mass is 16.3. The molecular formula is C11H19N3O2. The Labute approximate surface area is 95.5 Å². The maximum Gasteiger partial charge on any atom is 0.269 e. The lowest BCUT2D eigenvalue weighted by molar-refractivity contribution is 0.0902. The molecule has 1 aromatic rings. The predicted molar refractivity (Wildman–Crippen MR) is 61.2 cm³/mol. The van der Waals surface area contributed by atoms with Crippen molar-refractivity contribution in [1.29, 1.82) is 0 Å². The lowest BCUT2D eigenvalue weighted by Gasteiger charge is -2.15. The molecule has 1 unspecified atom stereocenters. The molecule has 5 nitrogen and oxygen atoms in total. The summed E-state index contributed by atoms with van der Waals surface area (Å²) in [5, 5.41) is 15.9. The Bertz CT molecular complexity index is 343. The zero-order valence-corrected chi connectivity index (χ0v) is 9.97. The molecule has 2 N–H and O–H groups in total. The van der Waals surface area contributed by atoms with Crippen LogP contribution in [0, 0.1) is 0 Å². The molecule has 16 heavy (non-hydrogen) atoms. The highest BCUT2D eigenvalue weighted by molar-refractivity contribution is 5.92. The Morgan fingerprint density at radius 3 is 2.81 bits per heavy atom. The van der Waals surface area contributed by atoms with Gasteiger partial charge in [-0.25, -0.2) is 0 Å². The molecule has 0 aliphatic rings. The van der Waals surface area contributed by atoms with Gasteiger partial charge in [-0.2, -0.15) is 5.10 Å². The SMILES string of the molecule is CCC(CO)NC(=O)c1ccnn1C(C)C. The summed E-state index contributed by atoms with van der Waals surface area (Å²) in [6.07, 6.45) is 2.31. The van der Waals surface area contributed by atoms with Crippen molar-refractivity contribution in [2.24, 2.45) is 0 Å². The predicted octanol–water partition coefficient (Wildman–Crippen LogP) is 0.965. The minimum Gasteiger partial charge on any atom is -0.394 e. The number of rotatable bonds is 5. The monoisotopic (exact) mass is 225 g/mol. The maximum absolute atomic E-state index is 11.9. The topological polar surface area (TPSA) is 67.2 Å². The summed E-state index contributed by atoms with van der Waals surface area (Å²) >= 11 is 0. The minimum atomic E-state index is -0.192. The quantitative estimate of drug-likeness (QED) is 0.784. The van der Waals surface area contributed by atoms with Gasteiger partial charge in [-0.3, -0.25) is 9.48 Å². The Morgan fingerprint density at radius 1 is 1.62 bits per heavy atom. The molecule has 0 aromatic carbocycles. The molecular weight excluding hydrogens is 206 g/mol. The lowest BCUT2D eigenvalue weighted by Crippen LogP contribution is -2.38. The Kier molecular flexibility index (Phi) is 4.49. The van der Waals surface area contributed by atoms with Gasteiger partial charge in [0.1, 0.15) is 5.69 Å². The highest BCUT2D eigenvalue weighted by Gasteiger charge is 2.16. The fourth-order valence-corrected chi connectivity index (χ4v) is 1.44. The van der Waals surface area contributed by atoms with Crippen LogP contribution in [0.15, 0.2) is 12.3 Å². The van der Waals surface area contributed by atoms with Crippen molar-refractivity contribution in [1.82, 2.24) is 15.1 Å². The first-order valence-electron chi connectivity index (χ1n) is 5.55. The zero-order valence-electron chi connectivity index (χ0n) is 9.97. The first-order valence-corrected chi connectivity index (χ1v) is 5.55. The van der Waals surface area contributed by atoms with Crippen LogP contribution in [-0.2, 0) is 0 Å². The van der Waals surface area contributed by atoms with Crippen LogP contribution in [0.5, 0.6) is 0 Å². The molecule has 1 aromatic heterocycles. The second kappa shape index (κ2) is 5.65. The average Bonchev–Trinajstić information content (AvgIpc) is 2.74. The summed E-state index contributed by atoms with van der Waals surface area (Å²) in [5.41, 5.74) is 0.530. The van der Waals surface area contributed by atoms with E-state index in [9.17, 15) is 4.79 Å². The van der Waals surface area contributed by atoms with Gasteiger partial charge in [0, 0.05) is 12.2 Å². The standard InChI is InChI=1S/C11H19N3O2/c1-4-9(7-15)13-11(16)10-5-6-12-14(10)8(2)3/h5-6,8-9,15H,4,7H2,1-3H3,(H,13,16). The molecule has 0 saturated carbocycles. The van der Waals surface area contributed by atoms with E-state index in [2.05, 4.69) is 10.4 Å². The number of carbonyl (C=O) groups is 1. The molecule has 0 fully saturated rings. The number of hydrogen-bond acceptors (Lipinski definition) is 3. The Hall–Kier alpha value is -1.36. The van der Waals surface area contributed by atoms with Crippen LogP contribution in [0.3, 0.4) is 0 Å². The number of aliphatic hydroxyl groups excluding tert-OH is 1. The van der Waals surface area contributed by atoms with Gasteiger partial charge in [0.15, 0.2) is 0 Å². The number of amides is 1. The van der Waals surface area contributed by atoms with E-state index < -0.39 is 0 Å². The normalized spacial score (nSPS) is 12.8. The summed E-state index contributed by atoms with van der Waals surface area (Å²) < 4.78 is 1.67. The van der Waals surface area contributed by atoms with Crippen molar-refractivity contribution in [2.75, 3.05) is 6.61 Å². The molecule has 1 heterocycles. The van der Waals surface area contributed by atoms with E-state index in [1.807, 2.05) is 20.8 Å². The summed E-state index contributed by atoms with van der Waals surface area (Å²) in [7, 11) is 0. The van der Waals surface area contributed by atoms with Crippen LogP contribution in [0.4, 0.5) is 0 Å². The van der Waals surface area contributed by atoms with E-state index in [1.54, 1.807) is 16.9 Å². The Morgan fingerprint density at radius 2 is 2.31 bits per heavy atom. The molecule has 0 radical (unpaired) electrons. The number of nitrogens with zero attached hydrogens (tertiary/aromatic N) is 2. The van der Waals surface area contributed by atoms with Gasteiger partial charge in [0.2, 0.25) is 0 Å². The fraction of sp³-hybridized carbons (Fsp3) is 0.636. The van der Waals surface area contributed by atoms with Gasteiger partial charge in [-0.1, -0.05) is 6.92 Å². The summed E-state index contributed by atoms with van der Waals surface area (Å²) in [4.78, 5) is 11.9. The third kappa shape index (κ3) is 2.82. The number of nitrogens with one attached hydrogen (secondary N) is 1. The van der Waals surface area contributed by atoms with Gasteiger partial charge >= 0.3 is 0 Å². The largest absolute Gasteiger partial charge is 0.394 e. The van der Waals surface area contributed by atoms with Gasteiger partial charge < -0.3 is 10.4 Å². The van der Waals surface area contributed by atoms with E-state index in [0.29, 0.717) is 12.1 Å². The third-order valence-corrected chi connectivity index (χ3v) is 2.44. The molecule has 0 bridgehead atoms. The molecule has 1 atom stereocenters. The second-order valence-corrected chi connectivity index (χ2v) is 4.02. The zero-order chi connectivity index (χ0) is 12.1. The summed E-state index contributed by atoms with van der Waals surface area (Å²) in [6.45, 7) is 5.80. The smallest absolute Gasteiger partial charge is 0.269 e. The van der Waals surface area contributed by atoms with Crippen molar-refractivity contribution in [3.8, 4) is 0 Å². The Balaban J connectivity index is 2.76. The van der Waals surface area contributed by atoms with Gasteiger partial charge in [0.25, 0.3) is 5.91 Å². The minimum absolute atomic E-state index is 0.0436. The summed E-state index contributed by atoms with van der Waals surface area (Å²) in [5.74, 6) is -0.188. The van der Waals surface area contributed by atoms with Crippen molar-refractivity contribution in [3.63, 3.8) is 0 Å². The molecule has 0 aliphatic carbocycles. The first kappa shape index (κ1) is 12.7. The molecule has 90 valence electrons. The van der Waals surface area contributed by atoms with E-state index in [-0.39, 0.29) is 24.6 Å². The van der Waals surface area contributed by atoms with Crippen molar-refractivity contribution < 1.29 is 9.90 Å². The van der Waals surface area contributed by atoms with E-state index >= 15 is 0 Å². The number of hydrogen-bond donors (Lipinski definition) is 2. The molecule has 0 saturated heterocycles. The van der Waals surface area contributed by atoms with Gasteiger partial charge in [0.05, 0.1) is 12.6 Å². The second-order valence-electron chi connectivity index (χ2n) is 4.02. The van der Waals surface area contributed by atoms with Crippen LogP contribution in [0.1, 0.15) is 43.7 Å². The van der Waals surface area contributed by atoms with Gasteiger partial charge in [-0.15, -0.1) is 0 Å². The lowest BCUT2D eigenvalue weighted by atomic mass is 10.2. The summed E-state index contributed by atoms with van der Waals surface area (Å²) in [6, 6.07) is 1.63. The first-order chi connectivity index (χ1) is 7.60. The third-order valence-electron chi connectivity index (χ3n) is 2.44. The van der Waals surface area contributed by atoms with E-state index in [0.717, 1.165) is 0 Å². The van der Waals surface area contributed by atoms with Crippen molar-refractivity contribution >= 4 is 5.91 Å². The number of aromatic nitrogens is 2. The number of aliphatic hydroxyl groups is 1. The average molecular weight is 225 g/mol. The molecule has 1 amide bonds. The molecule has 1 rings (SSSR count).